The van der Waals surface area contributed by atoms with Gasteiger partial charge in [-0.1, -0.05) is 36.4 Å². The molecular weight excluding hydrogens is 628 g/mol. The maximum Gasteiger partial charge on any atom is 0.343 e. The molecule has 0 atom stereocenters. The quantitative estimate of drug-likeness (QED) is 0.157. The van der Waals surface area contributed by atoms with Gasteiger partial charge in [0.15, 0.2) is 0 Å². The molecule has 0 aliphatic carbocycles. The first-order valence-corrected chi connectivity index (χ1v) is 16.6. The fourth-order valence-electron chi connectivity index (χ4n) is 5.27. The van der Waals surface area contributed by atoms with Gasteiger partial charge in [-0.05, 0) is 68.1 Å². The number of ether oxygens (including phenoxy) is 2. The normalized spacial score (nSPS) is 11.5. The van der Waals surface area contributed by atoms with E-state index in [1.54, 1.807) is 31.2 Å². The lowest BCUT2D eigenvalue weighted by Crippen LogP contribution is -2.24. The van der Waals surface area contributed by atoms with Gasteiger partial charge in [0.2, 0.25) is 15.5 Å². The first-order valence-electron chi connectivity index (χ1n) is 14.7. The number of esters is 1. The van der Waals surface area contributed by atoms with E-state index in [1.807, 2.05) is 42.3 Å². The number of carbonyl (C=O) groups is 1. The topological polar surface area (TPSA) is 107 Å². The predicted octanol–water partition coefficient (Wildman–Crippen LogP) is 6.30. The molecule has 1 heterocycles. The molecule has 0 bridgehead atoms. The molecule has 47 heavy (non-hydrogen) atoms. The van der Waals surface area contributed by atoms with Crippen molar-refractivity contribution < 1.29 is 31.5 Å². The van der Waals surface area contributed by atoms with E-state index < -0.39 is 33.1 Å². The summed E-state index contributed by atoms with van der Waals surface area (Å²) in [6.45, 7) is 2.01. The Hall–Kier alpha value is -5.07. The molecule has 4 aromatic carbocycles. The van der Waals surface area contributed by atoms with Gasteiger partial charge in [-0.25, -0.2) is 22.0 Å². The number of anilines is 1. The molecule has 9 nitrogen and oxygen atoms in total. The van der Waals surface area contributed by atoms with Gasteiger partial charge >= 0.3 is 5.97 Å². The van der Waals surface area contributed by atoms with Gasteiger partial charge in [0.25, 0.3) is 0 Å². The monoisotopic (exact) mass is 661 g/mol. The number of aromatic nitrogens is 1. The van der Waals surface area contributed by atoms with Crippen molar-refractivity contribution in [3.8, 4) is 11.5 Å². The molecule has 5 aromatic rings. The summed E-state index contributed by atoms with van der Waals surface area (Å²) in [5, 5.41) is 0.125. The number of nitrogens with one attached hydrogen (secondary N) is 1. The Morgan fingerprint density at radius 1 is 0.894 bits per heavy atom. The SMILES string of the molecule is CCOC(=O)c1cn(Cc2c(F)cccc2F)c2ccc(Oc3ccc(NS(C)(=O)=O)cc3)c(CN(C)Cc3ccccc3)c2c1=O. The number of hydrogen-bond donors (Lipinski definition) is 1. The molecule has 0 fully saturated rings. The number of hydrogen-bond acceptors (Lipinski definition) is 7. The highest BCUT2D eigenvalue weighted by Crippen LogP contribution is 2.33. The zero-order valence-electron chi connectivity index (χ0n) is 26.0. The Kier molecular flexibility index (Phi) is 10.0. The smallest absolute Gasteiger partial charge is 0.343 e. The summed E-state index contributed by atoms with van der Waals surface area (Å²) >= 11 is 0. The van der Waals surface area contributed by atoms with Gasteiger partial charge in [-0.15, -0.1) is 0 Å². The van der Waals surface area contributed by atoms with Crippen LogP contribution in [0.5, 0.6) is 11.5 Å². The number of fused-ring (bicyclic) bond motifs is 1. The Balaban J connectivity index is 1.69. The van der Waals surface area contributed by atoms with Crippen molar-refractivity contribution in [3.05, 3.63) is 135 Å². The third-order valence-electron chi connectivity index (χ3n) is 7.31. The summed E-state index contributed by atoms with van der Waals surface area (Å²) < 4.78 is 68.2. The van der Waals surface area contributed by atoms with Crippen LogP contribution in [0.25, 0.3) is 10.9 Å². The van der Waals surface area contributed by atoms with Crippen LogP contribution in [0.3, 0.4) is 0 Å². The molecular formula is C35H33F2N3O6S. The molecule has 1 aromatic heterocycles. The van der Waals surface area contributed by atoms with E-state index in [0.29, 0.717) is 34.8 Å². The molecule has 0 spiro atoms. The maximum atomic E-state index is 14.8. The van der Waals surface area contributed by atoms with Crippen molar-refractivity contribution in [1.82, 2.24) is 9.47 Å². The lowest BCUT2D eigenvalue weighted by Gasteiger charge is -2.22. The first kappa shape index (κ1) is 33.3. The minimum Gasteiger partial charge on any atom is -0.462 e. The largest absolute Gasteiger partial charge is 0.462 e. The number of halogens is 2. The van der Waals surface area contributed by atoms with Gasteiger partial charge in [0, 0.05) is 36.1 Å². The standard InChI is InChI=1S/C35H33F2N3O6S/c1-4-45-35(42)28-22-40(21-26-29(36)11-8-12-30(26)37)31-17-18-32(46-25-15-13-24(14-16-25)38-47(3,43)44)27(33(31)34(28)41)20-39(2)19-23-9-6-5-7-10-23/h5-18,22,38H,4,19-21H2,1-3H3. The summed E-state index contributed by atoms with van der Waals surface area (Å²) in [5.41, 5.74) is 0.960. The summed E-state index contributed by atoms with van der Waals surface area (Å²) in [6, 6.07) is 22.7. The Bertz CT molecular complexity index is 2070. The van der Waals surface area contributed by atoms with E-state index in [2.05, 4.69) is 4.72 Å². The van der Waals surface area contributed by atoms with Gasteiger partial charge < -0.3 is 14.0 Å². The molecule has 5 rings (SSSR count). The van der Waals surface area contributed by atoms with Crippen LogP contribution in [-0.4, -0.2) is 43.8 Å². The fourth-order valence-corrected chi connectivity index (χ4v) is 5.84. The average Bonchev–Trinajstić information content (AvgIpc) is 3.01. The molecule has 0 amide bonds. The maximum absolute atomic E-state index is 14.8. The highest BCUT2D eigenvalue weighted by atomic mass is 32.2. The van der Waals surface area contributed by atoms with Crippen LogP contribution in [0.15, 0.2) is 95.9 Å². The number of carbonyl (C=O) groups excluding carboxylic acids is 1. The second kappa shape index (κ2) is 14.1. The highest BCUT2D eigenvalue weighted by molar-refractivity contribution is 7.92. The van der Waals surface area contributed by atoms with Crippen LogP contribution in [0.4, 0.5) is 14.5 Å². The van der Waals surface area contributed by atoms with E-state index in [-0.39, 0.29) is 36.2 Å². The molecule has 0 saturated heterocycles. The lowest BCUT2D eigenvalue weighted by atomic mass is 10.0. The minimum absolute atomic E-state index is 0.0122. The summed E-state index contributed by atoms with van der Waals surface area (Å²) in [6.07, 6.45) is 2.31. The predicted molar refractivity (Wildman–Crippen MR) is 176 cm³/mol. The number of rotatable bonds is 12. The molecule has 0 saturated carbocycles. The second-order valence-electron chi connectivity index (χ2n) is 11.0. The molecule has 244 valence electrons. The molecule has 12 heteroatoms. The highest BCUT2D eigenvalue weighted by Gasteiger charge is 2.23. The number of sulfonamides is 1. The molecule has 1 N–H and O–H groups in total. The van der Waals surface area contributed by atoms with E-state index in [9.17, 15) is 26.8 Å². The van der Waals surface area contributed by atoms with Crippen LogP contribution < -0.4 is 14.9 Å². The molecule has 0 radical (unpaired) electrons. The van der Waals surface area contributed by atoms with Crippen molar-refractivity contribution in [2.75, 3.05) is 24.6 Å². The van der Waals surface area contributed by atoms with E-state index in [0.717, 1.165) is 24.0 Å². The average molecular weight is 662 g/mol. The van der Waals surface area contributed by atoms with Gasteiger partial charge in [0.05, 0.1) is 30.3 Å². The molecule has 0 aliphatic rings. The van der Waals surface area contributed by atoms with Crippen molar-refractivity contribution in [2.24, 2.45) is 0 Å². The first-order chi connectivity index (χ1) is 22.4. The van der Waals surface area contributed by atoms with E-state index in [4.69, 9.17) is 9.47 Å². The summed E-state index contributed by atoms with van der Waals surface area (Å²) in [5.74, 6) is -1.77. The third kappa shape index (κ3) is 8.02. The van der Waals surface area contributed by atoms with Crippen LogP contribution in [-0.2, 0) is 34.4 Å². The number of benzene rings is 4. The fraction of sp³-hybridized carbons (Fsp3) is 0.200. The minimum atomic E-state index is -3.49. The third-order valence-corrected chi connectivity index (χ3v) is 7.91. The van der Waals surface area contributed by atoms with Crippen molar-refractivity contribution >= 4 is 32.6 Å². The van der Waals surface area contributed by atoms with Gasteiger partial charge in [-0.2, -0.15) is 0 Å². The Labute approximate surface area is 271 Å². The van der Waals surface area contributed by atoms with E-state index >= 15 is 0 Å². The van der Waals surface area contributed by atoms with E-state index in [1.165, 1.54) is 29.0 Å². The van der Waals surface area contributed by atoms with Crippen molar-refractivity contribution in [2.45, 2.75) is 26.6 Å². The van der Waals surface area contributed by atoms with Gasteiger partial charge in [-0.3, -0.25) is 14.4 Å². The Morgan fingerprint density at radius 3 is 2.21 bits per heavy atom. The van der Waals surface area contributed by atoms with Crippen molar-refractivity contribution in [3.63, 3.8) is 0 Å². The lowest BCUT2D eigenvalue weighted by molar-refractivity contribution is 0.0524. The zero-order chi connectivity index (χ0) is 33.7. The molecule has 0 unspecified atom stereocenters. The van der Waals surface area contributed by atoms with Crippen LogP contribution in [0.1, 0.15) is 34.0 Å². The number of pyridine rings is 1. The summed E-state index contributed by atoms with van der Waals surface area (Å²) in [7, 11) is -1.63. The van der Waals surface area contributed by atoms with Crippen LogP contribution >= 0.6 is 0 Å². The van der Waals surface area contributed by atoms with Crippen LogP contribution in [0.2, 0.25) is 0 Å². The number of nitrogens with zero attached hydrogens (tertiary/aromatic N) is 2. The summed E-state index contributed by atoms with van der Waals surface area (Å²) in [4.78, 5) is 29.1. The molecule has 0 aliphatic heterocycles. The van der Waals surface area contributed by atoms with Crippen molar-refractivity contribution in [1.29, 1.82) is 0 Å². The second-order valence-corrected chi connectivity index (χ2v) is 12.8. The Morgan fingerprint density at radius 2 is 1.57 bits per heavy atom. The zero-order valence-corrected chi connectivity index (χ0v) is 26.8. The van der Waals surface area contributed by atoms with Crippen LogP contribution in [0, 0.1) is 11.6 Å². The van der Waals surface area contributed by atoms with Gasteiger partial charge in [0.1, 0.15) is 28.7 Å².